The molecule has 0 spiro atoms. The summed E-state index contributed by atoms with van der Waals surface area (Å²) in [5.41, 5.74) is -0.278. The van der Waals surface area contributed by atoms with E-state index in [-0.39, 0.29) is 30.3 Å². The van der Waals surface area contributed by atoms with Crippen LogP contribution in [-0.2, 0) is 26.0 Å². The highest BCUT2D eigenvalue weighted by atomic mass is 32.2. The molecule has 1 aliphatic heterocycles. The van der Waals surface area contributed by atoms with Gasteiger partial charge in [0.1, 0.15) is 18.2 Å². The van der Waals surface area contributed by atoms with Crippen LogP contribution in [-0.4, -0.2) is 49.1 Å². The number of ether oxygens (including phenoxy) is 2. The van der Waals surface area contributed by atoms with Crippen molar-refractivity contribution in [2.75, 3.05) is 13.7 Å². The summed E-state index contributed by atoms with van der Waals surface area (Å²) in [6.45, 7) is 3.69. The van der Waals surface area contributed by atoms with E-state index in [9.17, 15) is 22.8 Å². The second kappa shape index (κ2) is 8.94. The van der Waals surface area contributed by atoms with Crippen molar-refractivity contribution in [2.45, 2.75) is 42.6 Å². The number of benzene rings is 2. The molecule has 2 aromatic carbocycles. The van der Waals surface area contributed by atoms with Gasteiger partial charge in [0.25, 0.3) is 5.91 Å². The number of rotatable bonds is 6. The van der Waals surface area contributed by atoms with Crippen LogP contribution in [0, 0.1) is 11.7 Å². The summed E-state index contributed by atoms with van der Waals surface area (Å²) in [6.07, 6.45) is 0.138. The van der Waals surface area contributed by atoms with Gasteiger partial charge in [-0.3, -0.25) is 10.0 Å². The molecule has 2 unspecified atom stereocenters. The van der Waals surface area contributed by atoms with Crippen LogP contribution in [0.1, 0.15) is 25.8 Å². The Bertz CT molecular complexity index is 1020. The maximum atomic E-state index is 13.4. The van der Waals surface area contributed by atoms with Crippen LogP contribution in [0.25, 0.3) is 0 Å². The first-order valence-electron chi connectivity index (χ1n) is 9.84. The lowest BCUT2D eigenvalue weighted by Gasteiger charge is -2.42. The van der Waals surface area contributed by atoms with Crippen LogP contribution in [0.2, 0.25) is 0 Å². The van der Waals surface area contributed by atoms with Crippen molar-refractivity contribution in [1.29, 1.82) is 0 Å². The molecule has 2 aromatic rings. The van der Waals surface area contributed by atoms with Crippen molar-refractivity contribution < 1.29 is 32.3 Å². The minimum Gasteiger partial charge on any atom is -0.489 e. The van der Waals surface area contributed by atoms with E-state index >= 15 is 0 Å². The number of hydrogen-bond donors (Lipinski definition) is 1. The number of halogens is 1. The number of hydroxylamine groups is 2. The normalized spacial score (nSPS) is 20.8. The fourth-order valence-corrected chi connectivity index (χ4v) is 5.86. The highest BCUT2D eigenvalue weighted by molar-refractivity contribution is 7.92. The van der Waals surface area contributed by atoms with Gasteiger partial charge in [-0.2, -0.15) is 0 Å². The second-order valence-electron chi connectivity index (χ2n) is 8.05. The first-order chi connectivity index (χ1) is 14.5. The zero-order chi connectivity index (χ0) is 22.8. The van der Waals surface area contributed by atoms with Crippen LogP contribution in [0.15, 0.2) is 53.4 Å². The minimum absolute atomic E-state index is 0.0581. The third-order valence-electron chi connectivity index (χ3n) is 5.45. The molecular weight excluding hydrogens is 425 g/mol. The lowest BCUT2D eigenvalue weighted by Crippen LogP contribution is -2.56. The van der Waals surface area contributed by atoms with Gasteiger partial charge in [0.05, 0.1) is 21.7 Å². The Labute approximate surface area is 181 Å². The molecule has 0 radical (unpaired) electrons. The molecule has 31 heavy (non-hydrogen) atoms. The third-order valence-corrected chi connectivity index (χ3v) is 7.69. The largest absolute Gasteiger partial charge is 0.489 e. The van der Waals surface area contributed by atoms with E-state index < -0.39 is 32.5 Å². The molecule has 1 fully saturated rings. The van der Waals surface area contributed by atoms with Crippen molar-refractivity contribution in [2.24, 2.45) is 5.92 Å². The number of amides is 1. The Morgan fingerprint density at radius 1 is 1.19 bits per heavy atom. The summed E-state index contributed by atoms with van der Waals surface area (Å²) < 4.78 is 51.0. The van der Waals surface area contributed by atoms with Gasteiger partial charge in [0.15, 0.2) is 9.84 Å². The summed E-state index contributed by atoms with van der Waals surface area (Å²) in [6, 6.07) is 11.8. The van der Waals surface area contributed by atoms with Crippen LogP contribution in [0.3, 0.4) is 0 Å². The third kappa shape index (κ3) is 5.06. The summed E-state index contributed by atoms with van der Waals surface area (Å²) in [4.78, 5) is 12.6. The topological polar surface area (TPSA) is 93.1 Å². The van der Waals surface area contributed by atoms with Crippen LogP contribution in [0.4, 0.5) is 4.39 Å². The van der Waals surface area contributed by atoms with Gasteiger partial charge in [0.2, 0.25) is 0 Å². The molecule has 0 aromatic heterocycles. The molecule has 9 heteroatoms. The van der Waals surface area contributed by atoms with E-state index in [1.165, 1.54) is 43.4 Å². The van der Waals surface area contributed by atoms with Crippen LogP contribution < -0.4 is 4.74 Å². The van der Waals surface area contributed by atoms with Crippen molar-refractivity contribution in [3.05, 3.63) is 59.9 Å². The average molecular weight is 452 g/mol. The number of nitrogens with zero attached hydrogens (tertiary/aromatic N) is 1. The van der Waals surface area contributed by atoms with Gasteiger partial charge in [-0.25, -0.2) is 17.9 Å². The molecule has 1 N–H and O–H groups in total. The first kappa shape index (κ1) is 23.2. The molecule has 1 aliphatic rings. The fraction of sp³-hybridized carbons (Fsp3) is 0.409. The van der Waals surface area contributed by atoms with Gasteiger partial charge in [-0.15, -0.1) is 0 Å². The van der Waals surface area contributed by atoms with Gasteiger partial charge in [-0.1, -0.05) is 12.1 Å². The van der Waals surface area contributed by atoms with Gasteiger partial charge >= 0.3 is 0 Å². The van der Waals surface area contributed by atoms with Gasteiger partial charge < -0.3 is 9.47 Å². The minimum atomic E-state index is -3.89. The zero-order valence-corrected chi connectivity index (χ0v) is 18.4. The molecule has 1 heterocycles. The molecule has 7 nitrogen and oxygen atoms in total. The van der Waals surface area contributed by atoms with E-state index in [2.05, 4.69) is 0 Å². The molecule has 1 amide bonds. The standard InChI is InChI=1S/C22H26FNO6S/c1-22(2)20(21(25)24(3)26)19(12-13-30-22)31(27,28)18-10-8-17(9-11-18)29-14-15-4-6-16(23)7-5-15/h4-11,19-20,26H,12-14H2,1-3H3. The number of carbonyl (C=O) groups is 1. The molecule has 1 saturated heterocycles. The SMILES string of the molecule is CN(O)C(=O)C1C(S(=O)(=O)c2ccc(OCc3ccc(F)cc3)cc2)CCOC1(C)C. The molecule has 0 saturated carbocycles. The second-order valence-corrected chi connectivity index (χ2v) is 10.2. The Hall–Kier alpha value is -2.49. The van der Waals surface area contributed by atoms with E-state index in [0.717, 1.165) is 5.56 Å². The number of carbonyl (C=O) groups excluding carboxylic acids is 1. The van der Waals surface area contributed by atoms with Gasteiger partial charge in [0, 0.05) is 13.7 Å². The molecule has 0 bridgehead atoms. The monoisotopic (exact) mass is 451 g/mol. The molecule has 3 rings (SSSR count). The Balaban J connectivity index is 1.80. The lowest BCUT2D eigenvalue weighted by atomic mass is 9.83. The zero-order valence-electron chi connectivity index (χ0n) is 17.6. The lowest BCUT2D eigenvalue weighted by molar-refractivity contribution is -0.180. The quantitative estimate of drug-likeness (QED) is 0.536. The molecule has 168 valence electrons. The van der Waals surface area contributed by atoms with E-state index in [1.807, 2.05) is 0 Å². The first-order valence-corrected chi connectivity index (χ1v) is 11.4. The summed E-state index contributed by atoms with van der Waals surface area (Å²) in [5, 5.41) is 9.04. The van der Waals surface area contributed by atoms with E-state index in [4.69, 9.17) is 9.47 Å². The predicted molar refractivity (Wildman–Crippen MR) is 111 cm³/mol. The maximum absolute atomic E-state index is 13.4. The highest BCUT2D eigenvalue weighted by Crippen LogP contribution is 2.38. The molecule has 2 atom stereocenters. The fourth-order valence-electron chi connectivity index (χ4n) is 3.78. The van der Waals surface area contributed by atoms with E-state index in [1.54, 1.807) is 26.0 Å². The van der Waals surface area contributed by atoms with Crippen LogP contribution >= 0.6 is 0 Å². The van der Waals surface area contributed by atoms with E-state index in [0.29, 0.717) is 10.8 Å². The van der Waals surface area contributed by atoms with Gasteiger partial charge in [-0.05, 0) is 62.2 Å². The smallest absolute Gasteiger partial charge is 0.252 e. The number of sulfone groups is 1. The highest BCUT2D eigenvalue weighted by Gasteiger charge is 2.51. The summed E-state index contributed by atoms with van der Waals surface area (Å²) in [7, 11) is -2.71. The predicted octanol–water partition coefficient (Wildman–Crippen LogP) is 3.21. The summed E-state index contributed by atoms with van der Waals surface area (Å²) in [5.74, 6) is -1.65. The average Bonchev–Trinajstić information content (AvgIpc) is 2.72. The Morgan fingerprint density at radius 2 is 1.81 bits per heavy atom. The number of hydrogen-bond acceptors (Lipinski definition) is 6. The van der Waals surface area contributed by atoms with Crippen molar-refractivity contribution >= 4 is 15.7 Å². The Morgan fingerprint density at radius 3 is 2.39 bits per heavy atom. The maximum Gasteiger partial charge on any atom is 0.252 e. The molecule has 0 aliphatic carbocycles. The summed E-state index contributed by atoms with van der Waals surface area (Å²) >= 11 is 0. The Kier molecular flexibility index (Phi) is 6.68. The van der Waals surface area contributed by atoms with Crippen molar-refractivity contribution in [3.63, 3.8) is 0 Å². The van der Waals surface area contributed by atoms with Crippen LogP contribution in [0.5, 0.6) is 5.75 Å². The molecular formula is C22H26FNO6S. The van der Waals surface area contributed by atoms with Crippen molar-refractivity contribution in [3.8, 4) is 5.75 Å². The van der Waals surface area contributed by atoms with Crippen molar-refractivity contribution in [1.82, 2.24) is 5.06 Å².